The highest BCUT2D eigenvalue weighted by atomic mass is 19.4. The van der Waals surface area contributed by atoms with Gasteiger partial charge >= 0.3 is 6.18 Å². The maximum atomic E-state index is 13.6. The first-order chi connectivity index (χ1) is 8.92. The van der Waals surface area contributed by atoms with Crippen LogP contribution in [0, 0.1) is 5.82 Å². The number of hydrogen-bond acceptors (Lipinski definition) is 2. The summed E-state index contributed by atoms with van der Waals surface area (Å²) in [6, 6.07) is 4.45. The van der Waals surface area contributed by atoms with Gasteiger partial charge < -0.3 is 10.1 Å². The zero-order valence-corrected chi connectivity index (χ0v) is 10.7. The zero-order valence-electron chi connectivity index (χ0n) is 10.7. The van der Waals surface area contributed by atoms with Crippen LogP contribution in [0.2, 0.25) is 0 Å². The third kappa shape index (κ3) is 6.42. The van der Waals surface area contributed by atoms with Gasteiger partial charge in [0.05, 0.1) is 6.61 Å². The molecule has 108 valence electrons. The van der Waals surface area contributed by atoms with E-state index in [1.54, 1.807) is 6.07 Å². The first kappa shape index (κ1) is 15.8. The van der Waals surface area contributed by atoms with Crippen LogP contribution in [-0.2, 0) is 6.54 Å². The summed E-state index contributed by atoms with van der Waals surface area (Å²) >= 11 is 0. The normalized spacial score (nSPS) is 11.6. The van der Waals surface area contributed by atoms with Gasteiger partial charge in [0, 0.05) is 13.0 Å². The lowest BCUT2D eigenvalue weighted by molar-refractivity contribution is -0.136. The van der Waals surface area contributed by atoms with Crippen molar-refractivity contribution in [1.29, 1.82) is 0 Å². The van der Waals surface area contributed by atoms with E-state index < -0.39 is 18.4 Å². The molecule has 0 radical (unpaired) electrons. The first-order valence-corrected chi connectivity index (χ1v) is 6.11. The first-order valence-electron chi connectivity index (χ1n) is 6.11. The van der Waals surface area contributed by atoms with Crippen molar-refractivity contribution < 1.29 is 22.3 Å². The Morgan fingerprint density at radius 1 is 1.26 bits per heavy atom. The topological polar surface area (TPSA) is 21.3 Å². The molecule has 0 spiro atoms. The molecule has 0 unspecified atom stereocenters. The SMILES string of the molecule is CCNCc1ccc(OCCCC(F)(F)F)c(F)c1. The van der Waals surface area contributed by atoms with Crippen molar-refractivity contribution in [2.24, 2.45) is 0 Å². The van der Waals surface area contributed by atoms with E-state index in [0.717, 1.165) is 12.1 Å². The molecule has 1 rings (SSSR count). The van der Waals surface area contributed by atoms with Crippen LogP contribution in [0.15, 0.2) is 18.2 Å². The maximum Gasteiger partial charge on any atom is 0.389 e. The Kier molecular flexibility index (Phi) is 6.08. The monoisotopic (exact) mass is 279 g/mol. The largest absolute Gasteiger partial charge is 0.491 e. The molecule has 0 saturated carbocycles. The van der Waals surface area contributed by atoms with Crippen molar-refractivity contribution in [3.8, 4) is 5.75 Å². The minimum Gasteiger partial charge on any atom is -0.491 e. The van der Waals surface area contributed by atoms with Gasteiger partial charge in [-0.2, -0.15) is 13.2 Å². The maximum absolute atomic E-state index is 13.6. The Balaban J connectivity index is 2.42. The van der Waals surface area contributed by atoms with Crippen LogP contribution in [0.3, 0.4) is 0 Å². The Labute approximate surface area is 109 Å². The van der Waals surface area contributed by atoms with E-state index in [1.807, 2.05) is 6.92 Å². The number of benzene rings is 1. The Morgan fingerprint density at radius 3 is 2.58 bits per heavy atom. The second-order valence-corrected chi connectivity index (χ2v) is 4.11. The Hall–Kier alpha value is -1.30. The van der Waals surface area contributed by atoms with Crippen molar-refractivity contribution in [2.45, 2.75) is 32.5 Å². The van der Waals surface area contributed by atoms with Crippen LogP contribution in [0.5, 0.6) is 5.75 Å². The molecule has 2 nitrogen and oxygen atoms in total. The van der Waals surface area contributed by atoms with Crippen molar-refractivity contribution in [2.75, 3.05) is 13.2 Å². The van der Waals surface area contributed by atoms with Crippen molar-refractivity contribution in [3.05, 3.63) is 29.6 Å². The summed E-state index contributed by atoms with van der Waals surface area (Å²) in [7, 11) is 0. The van der Waals surface area contributed by atoms with Crippen molar-refractivity contribution >= 4 is 0 Å². The van der Waals surface area contributed by atoms with Crippen LogP contribution in [0.25, 0.3) is 0 Å². The van der Waals surface area contributed by atoms with Crippen LogP contribution in [-0.4, -0.2) is 19.3 Å². The third-order valence-electron chi connectivity index (χ3n) is 2.44. The molecule has 0 atom stereocenters. The van der Waals surface area contributed by atoms with E-state index in [1.165, 1.54) is 12.1 Å². The minimum atomic E-state index is -4.20. The van der Waals surface area contributed by atoms with Gasteiger partial charge in [-0.15, -0.1) is 0 Å². The average molecular weight is 279 g/mol. The molecule has 0 aliphatic rings. The number of ether oxygens (including phenoxy) is 1. The van der Waals surface area contributed by atoms with Crippen molar-refractivity contribution in [1.82, 2.24) is 5.32 Å². The third-order valence-corrected chi connectivity index (χ3v) is 2.44. The molecule has 0 amide bonds. The number of alkyl halides is 3. The summed E-state index contributed by atoms with van der Waals surface area (Å²) < 4.78 is 54.2. The van der Waals surface area contributed by atoms with Gasteiger partial charge in [-0.25, -0.2) is 4.39 Å². The van der Waals surface area contributed by atoms with Crippen molar-refractivity contribution in [3.63, 3.8) is 0 Å². The van der Waals surface area contributed by atoms with Gasteiger partial charge in [-0.05, 0) is 30.7 Å². The lowest BCUT2D eigenvalue weighted by Crippen LogP contribution is -2.12. The Morgan fingerprint density at radius 2 is 2.00 bits per heavy atom. The average Bonchev–Trinajstić information content (AvgIpc) is 2.32. The van der Waals surface area contributed by atoms with E-state index in [0.29, 0.717) is 6.54 Å². The second kappa shape index (κ2) is 7.33. The summed E-state index contributed by atoms with van der Waals surface area (Å²) in [5.74, 6) is -0.565. The van der Waals surface area contributed by atoms with E-state index in [-0.39, 0.29) is 18.8 Å². The fraction of sp³-hybridized carbons (Fsp3) is 0.538. The van der Waals surface area contributed by atoms with Gasteiger partial charge in [0.1, 0.15) is 0 Å². The number of halogens is 4. The van der Waals surface area contributed by atoms with Crippen LogP contribution in [0.1, 0.15) is 25.3 Å². The lowest BCUT2D eigenvalue weighted by atomic mass is 10.2. The molecule has 1 aromatic carbocycles. The molecule has 19 heavy (non-hydrogen) atoms. The molecular formula is C13H17F4NO. The molecule has 0 heterocycles. The fourth-order valence-corrected chi connectivity index (χ4v) is 1.50. The predicted molar refractivity (Wildman–Crippen MR) is 64.6 cm³/mol. The molecule has 1 N–H and O–H groups in total. The number of hydrogen-bond donors (Lipinski definition) is 1. The van der Waals surface area contributed by atoms with Crippen LogP contribution < -0.4 is 10.1 Å². The molecule has 1 aromatic rings. The van der Waals surface area contributed by atoms with E-state index in [9.17, 15) is 17.6 Å². The summed E-state index contributed by atoms with van der Waals surface area (Å²) in [5, 5.41) is 3.05. The van der Waals surface area contributed by atoms with Crippen LogP contribution >= 0.6 is 0 Å². The van der Waals surface area contributed by atoms with E-state index in [4.69, 9.17) is 4.74 Å². The molecule has 0 bridgehead atoms. The molecule has 0 aromatic heterocycles. The molecule has 0 saturated heterocycles. The van der Waals surface area contributed by atoms with Gasteiger partial charge in [-0.1, -0.05) is 13.0 Å². The molecule has 6 heteroatoms. The highest BCUT2D eigenvalue weighted by Crippen LogP contribution is 2.22. The second-order valence-electron chi connectivity index (χ2n) is 4.11. The van der Waals surface area contributed by atoms with Gasteiger partial charge in [0.15, 0.2) is 11.6 Å². The zero-order chi connectivity index (χ0) is 14.3. The highest BCUT2D eigenvalue weighted by molar-refractivity contribution is 5.29. The quantitative estimate of drug-likeness (QED) is 0.607. The lowest BCUT2D eigenvalue weighted by Gasteiger charge is -2.10. The molecular weight excluding hydrogens is 262 g/mol. The predicted octanol–water partition coefficient (Wildman–Crippen LogP) is 3.66. The minimum absolute atomic E-state index is 0.0116. The standard InChI is InChI=1S/C13H17F4NO/c1-2-18-9-10-4-5-12(11(14)8-10)19-7-3-6-13(15,16)17/h4-5,8,18H,2-3,6-7,9H2,1H3. The van der Waals surface area contributed by atoms with Crippen LogP contribution in [0.4, 0.5) is 17.6 Å². The molecule has 0 aliphatic heterocycles. The summed E-state index contributed by atoms with van der Waals surface area (Å²) in [4.78, 5) is 0. The number of rotatable bonds is 7. The van der Waals surface area contributed by atoms with Gasteiger partial charge in [-0.3, -0.25) is 0 Å². The van der Waals surface area contributed by atoms with Gasteiger partial charge in [0.2, 0.25) is 0 Å². The Bertz CT molecular complexity index is 393. The molecule has 0 aliphatic carbocycles. The van der Waals surface area contributed by atoms with Gasteiger partial charge in [0.25, 0.3) is 0 Å². The fourth-order valence-electron chi connectivity index (χ4n) is 1.50. The summed E-state index contributed by atoms with van der Waals surface area (Å²) in [6.07, 6.45) is -5.30. The highest BCUT2D eigenvalue weighted by Gasteiger charge is 2.26. The molecule has 0 fully saturated rings. The number of nitrogens with one attached hydrogen (secondary N) is 1. The van der Waals surface area contributed by atoms with E-state index >= 15 is 0 Å². The van der Waals surface area contributed by atoms with E-state index in [2.05, 4.69) is 5.32 Å². The summed E-state index contributed by atoms with van der Waals surface area (Å²) in [6.45, 7) is 3.11. The smallest absolute Gasteiger partial charge is 0.389 e. The summed E-state index contributed by atoms with van der Waals surface area (Å²) in [5.41, 5.74) is 0.766.